The van der Waals surface area contributed by atoms with Gasteiger partial charge in [-0.1, -0.05) is 357 Å². The summed E-state index contributed by atoms with van der Waals surface area (Å²) in [4.78, 5) is 5.54. The molecule has 0 amide bonds. The quantitative estimate of drug-likeness (QED) is 0.141. The summed E-state index contributed by atoms with van der Waals surface area (Å²) in [5, 5.41) is 5.00. The predicted octanol–water partition coefficient (Wildman–Crippen LogP) is 30.3. The van der Waals surface area contributed by atoms with Crippen molar-refractivity contribution in [3.8, 4) is 55.9 Å². The number of benzene rings is 13. The summed E-state index contributed by atoms with van der Waals surface area (Å²) in [6.07, 6.45) is 0. The number of fused-ring (bicyclic) bond motifs is 10. The third-order valence-corrected chi connectivity index (χ3v) is 26.0. The summed E-state index contributed by atoms with van der Waals surface area (Å²) >= 11 is 0. The average Bonchev–Trinajstić information content (AvgIpc) is 0.890. The Morgan fingerprint density at radius 1 is 0.202 bits per heavy atom. The van der Waals surface area contributed by atoms with Crippen LogP contribution in [0.3, 0.4) is 0 Å². The summed E-state index contributed by atoms with van der Waals surface area (Å²) in [7, 11) is 0. The Kier molecular flexibility index (Phi) is 18.9. The van der Waals surface area contributed by atoms with E-state index in [9.17, 15) is 0 Å². The molecule has 0 N–H and O–H groups in total. The second-order valence-electron chi connectivity index (χ2n) is 44.0. The third kappa shape index (κ3) is 14.0. The Morgan fingerprint density at radius 3 is 0.882 bits per heavy atom. The van der Waals surface area contributed by atoms with Crippen LogP contribution in [0.15, 0.2) is 255 Å². The fourth-order valence-corrected chi connectivity index (χ4v) is 19.4. The van der Waals surface area contributed by atoms with Gasteiger partial charge in [-0.3, -0.25) is 0 Å². The van der Waals surface area contributed by atoms with Gasteiger partial charge in [0.25, 0.3) is 6.71 Å². The molecule has 2 aliphatic heterocycles. The molecule has 0 spiro atoms. The van der Waals surface area contributed by atoms with Crippen LogP contribution >= 0.6 is 0 Å². The smallest absolute Gasteiger partial charge is 0.252 e. The number of hydrogen-bond acceptors (Lipinski definition) is 2. The molecule has 0 saturated carbocycles. The predicted molar refractivity (Wildman–Crippen MR) is 519 cm³/mol. The first-order chi connectivity index (χ1) is 55.7. The summed E-state index contributed by atoms with van der Waals surface area (Å²) < 4.78 is 5.12. The lowest BCUT2D eigenvalue weighted by molar-refractivity contribution is 0.569. The lowest BCUT2D eigenvalue weighted by Gasteiger charge is -2.46. The third-order valence-electron chi connectivity index (χ3n) is 26.0. The van der Waals surface area contributed by atoms with E-state index < -0.39 is 0 Å². The van der Waals surface area contributed by atoms with Crippen molar-refractivity contribution in [2.45, 2.75) is 236 Å². The van der Waals surface area contributed by atoms with Gasteiger partial charge in [0, 0.05) is 66.8 Å². The van der Waals surface area contributed by atoms with E-state index in [-0.39, 0.29) is 55.4 Å². The molecule has 4 heterocycles. The topological polar surface area (TPSA) is 16.3 Å². The van der Waals surface area contributed by atoms with Gasteiger partial charge in [0.05, 0.1) is 33.4 Å². The molecular formula is C114H123BN4. The average molecular weight is 1560 g/mol. The molecule has 0 unspecified atom stereocenters. The molecular weight excluding hydrogens is 1440 g/mol. The van der Waals surface area contributed by atoms with Crippen LogP contribution in [0.25, 0.3) is 99.5 Å². The summed E-state index contributed by atoms with van der Waals surface area (Å²) in [6, 6.07) is 101. The molecule has 0 saturated heterocycles. The van der Waals surface area contributed by atoms with Gasteiger partial charge in [-0.25, -0.2) is 0 Å². The van der Waals surface area contributed by atoms with Gasteiger partial charge in [0.1, 0.15) is 0 Å². The van der Waals surface area contributed by atoms with E-state index in [4.69, 9.17) is 0 Å². The summed E-state index contributed by atoms with van der Waals surface area (Å²) in [5.74, 6) is 0. The van der Waals surface area contributed by atoms with Crippen molar-refractivity contribution in [2.75, 3.05) is 9.80 Å². The monoisotopic (exact) mass is 1560 g/mol. The lowest BCUT2D eigenvalue weighted by atomic mass is 9.33. The second-order valence-corrected chi connectivity index (χ2v) is 44.0. The normalized spacial score (nSPS) is 13.8. The Balaban J connectivity index is 1.06. The van der Waals surface area contributed by atoms with Gasteiger partial charge in [-0.15, -0.1) is 0 Å². The zero-order valence-corrected chi connectivity index (χ0v) is 76.1. The molecule has 2 aromatic heterocycles. The fourth-order valence-electron chi connectivity index (χ4n) is 19.4. The minimum atomic E-state index is -0.355. The van der Waals surface area contributed by atoms with E-state index in [1.54, 1.807) is 0 Å². The number of aromatic nitrogens is 2. The maximum Gasteiger partial charge on any atom is 0.252 e. The number of anilines is 6. The number of rotatable bonds is 8. The van der Waals surface area contributed by atoms with Gasteiger partial charge in [0.15, 0.2) is 0 Å². The van der Waals surface area contributed by atoms with Gasteiger partial charge >= 0.3 is 0 Å². The highest BCUT2D eigenvalue weighted by Gasteiger charge is 2.47. The van der Waals surface area contributed by atoms with E-state index >= 15 is 0 Å². The minimum Gasteiger partial charge on any atom is -0.311 e. The van der Waals surface area contributed by atoms with Crippen LogP contribution in [0.1, 0.15) is 237 Å². The van der Waals surface area contributed by atoms with E-state index in [1.807, 2.05) is 0 Å². The van der Waals surface area contributed by atoms with Crippen molar-refractivity contribution in [2.24, 2.45) is 0 Å². The molecule has 0 atom stereocenters. The van der Waals surface area contributed by atoms with Crippen LogP contribution in [-0.4, -0.2) is 15.8 Å². The van der Waals surface area contributed by atoms with E-state index in [0.29, 0.717) is 0 Å². The molecule has 0 bridgehead atoms. The van der Waals surface area contributed by atoms with E-state index in [1.165, 1.54) is 166 Å². The maximum absolute atomic E-state index is 2.77. The van der Waals surface area contributed by atoms with Crippen molar-refractivity contribution in [1.82, 2.24) is 9.13 Å². The van der Waals surface area contributed by atoms with Gasteiger partial charge in [-0.05, 0) is 234 Å². The Bertz CT molecular complexity index is 6220. The van der Waals surface area contributed by atoms with Crippen molar-refractivity contribution < 1.29 is 0 Å². The zero-order chi connectivity index (χ0) is 84.9. The SMILES string of the molecule is CC(C)(C)c1cc2c3c(c1)N(c1cc(-c4ccc(C(C)(C)C)cc4C(C)(C)C)ccc1-c1ccccc1C(C)(C)C)c1cc(-n4c5ccccc5c5cc(C(C)(C)C)ccc54)ccc1B3c1ccc(-n3c4ccccc4c4cc(C(C)(C)C)ccc43)cc1N2c1cc(-c2ccc(C(C)(C)C)cc2C(C)(C)C)ccc1-c1ccccc1C(C)(C)C. The highest BCUT2D eigenvalue weighted by molar-refractivity contribution is 7.00. The molecule has 4 nitrogen and oxygen atoms in total. The first-order valence-electron chi connectivity index (χ1n) is 43.7. The summed E-state index contributed by atoms with van der Waals surface area (Å²) in [5.41, 5.74) is 37.7. The van der Waals surface area contributed by atoms with Gasteiger partial charge < -0.3 is 18.9 Å². The zero-order valence-electron chi connectivity index (χ0n) is 76.1. The molecule has 13 aromatic carbocycles. The second kappa shape index (κ2) is 27.9. The first-order valence-corrected chi connectivity index (χ1v) is 43.7. The maximum atomic E-state index is 2.77. The Morgan fingerprint density at radius 2 is 0.521 bits per heavy atom. The molecule has 5 heteroatoms. The van der Waals surface area contributed by atoms with Crippen LogP contribution in [0.2, 0.25) is 0 Å². The highest BCUT2D eigenvalue weighted by atomic mass is 15.2. The van der Waals surface area contributed by atoms with Gasteiger partial charge in [0.2, 0.25) is 0 Å². The van der Waals surface area contributed by atoms with Crippen LogP contribution < -0.4 is 26.2 Å². The minimum absolute atomic E-state index is 0.0519. The van der Waals surface area contributed by atoms with E-state index in [0.717, 1.165) is 34.1 Å². The summed E-state index contributed by atoms with van der Waals surface area (Å²) in [6.45, 7) is 63.8. The van der Waals surface area contributed by atoms with Crippen LogP contribution in [0, 0.1) is 0 Å². The number of para-hydroxylation sites is 2. The Labute approximate surface area is 711 Å². The molecule has 17 rings (SSSR count). The molecule has 0 radical (unpaired) electrons. The molecule has 0 fully saturated rings. The molecule has 2 aliphatic rings. The number of hydrogen-bond donors (Lipinski definition) is 0. The molecule has 602 valence electrons. The van der Waals surface area contributed by atoms with Gasteiger partial charge in [-0.2, -0.15) is 0 Å². The van der Waals surface area contributed by atoms with Crippen molar-refractivity contribution in [3.05, 3.63) is 305 Å². The molecule has 119 heavy (non-hydrogen) atoms. The highest BCUT2D eigenvalue weighted by Crippen LogP contribution is 2.55. The fraction of sp³-hybridized carbons (Fsp3) is 0.316. The van der Waals surface area contributed by atoms with E-state index in [2.05, 4.69) is 461 Å². The van der Waals surface area contributed by atoms with Crippen LogP contribution in [0.4, 0.5) is 34.1 Å². The largest absolute Gasteiger partial charge is 0.311 e. The van der Waals surface area contributed by atoms with Crippen LogP contribution in [-0.2, 0) is 48.7 Å². The number of nitrogens with zero attached hydrogens (tertiary/aromatic N) is 4. The van der Waals surface area contributed by atoms with Crippen molar-refractivity contribution >= 4 is 101 Å². The standard InChI is InChI=1S/C114H123BN4/c1-106(2,3)72-48-58-97-87(62-72)83-38-30-34-42-95(83)116(97)77-50-56-93-101(68-77)118(99-60-70(44-52-85(99)81-36-28-32-40-89(81)111(16,17)18)79-54-46-74(108(7,8)9)64-91(79)113(22,23)24)103-66-76(110(13,14)15)67-104-105(103)115(93)94-57-51-78(117-96-43-35-31-39-84(96)88-63-73(107(4,5)6)49-59-98(88)117)69-102(94)119(104)100-61-71(45-53-86(100)82-37-29-33-41-90(82)112(19,20)21)80-55-47-75(109(10,11)12)65-92(80)114(25,26)27/h28-69H,1-27H3. The van der Waals surface area contributed by atoms with Crippen molar-refractivity contribution in [1.29, 1.82) is 0 Å². The molecule has 0 aliphatic carbocycles. The molecule has 15 aromatic rings. The van der Waals surface area contributed by atoms with Crippen LogP contribution in [0.5, 0.6) is 0 Å². The Hall–Kier alpha value is -10.9. The lowest BCUT2D eigenvalue weighted by Crippen LogP contribution is -2.61. The van der Waals surface area contributed by atoms with Crippen molar-refractivity contribution in [3.63, 3.8) is 0 Å². The first kappa shape index (κ1) is 80.5.